The van der Waals surface area contributed by atoms with Crippen molar-refractivity contribution in [3.8, 4) is 0 Å². The topological polar surface area (TPSA) is 61.4 Å². The average Bonchev–Trinajstić information content (AvgIpc) is 2.88. The van der Waals surface area contributed by atoms with Crippen molar-refractivity contribution in [1.29, 1.82) is 0 Å². The Balaban J connectivity index is 1.89. The fourth-order valence-electron chi connectivity index (χ4n) is 2.74. The van der Waals surface area contributed by atoms with E-state index < -0.39 is 0 Å². The van der Waals surface area contributed by atoms with Crippen LogP contribution in [0.25, 0.3) is 5.65 Å². The highest BCUT2D eigenvalue weighted by Crippen LogP contribution is 2.15. The Morgan fingerprint density at radius 3 is 3.05 bits per heavy atom. The highest BCUT2D eigenvalue weighted by atomic mass is 16.5. The van der Waals surface area contributed by atoms with Crippen LogP contribution in [0.2, 0.25) is 0 Å². The van der Waals surface area contributed by atoms with Crippen LogP contribution in [-0.4, -0.2) is 32.4 Å². The number of hydrogen-bond donors (Lipinski definition) is 0. The third-order valence-corrected chi connectivity index (χ3v) is 3.80. The van der Waals surface area contributed by atoms with E-state index >= 15 is 0 Å². The molecule has 0 N–H and O–H groups in total. The molecule has 2 aromatic rings. The Morgan fingerprint density at radius 2 is 2.30 bits per heavy atom. The molecule has 108 valence electrons. The minimum atomic E-state index is -0.0621. The van der Waals surface area contributed by atoms with Gasteiger partial charge in [0.05, 0.1) is 6.61 Å². The number of fused-ring (bicyclic) bond motifs is 1. The van der Waals surface area contributed by atoms with Gasteiger partial charge in [-0.2, -0.15) is 0 Å². The van der Waals surface area contributed by atoms with Gasteiger partial charge in [-0.05, 0) is 19.3 Å². The van der Waals surface area contributed by atoms with Gasteiger partial charge >= 0.3 is 0 Å². The van der Waals surface area contributed by atoms with Crippen LogP contribution in [0.1, 0.15) is 32.0 Å². The lowest BCUT2D eigenvalue weighted by Gasteiger charge is -2.22. The van der Waals surface area contributed by atoms with Crippen LogP contribution in [0, 0.1) is 5.92 Å². The molecule has 0 saturated carbocycles. The molecule has 0 bridgehead atoms. The van der Waals surface area contributed by atoms with Gasteiger partial charge in [0.25, 0.3) is 5.56 Å². The van der Waals surface area contributed by atoms with Gasteiger partial charge in [-0.3, -0.25) is 9.20 Å². The van der Waals surface area contributed by atoms with Crippen LogP contribution in [0.4, 0.5) is 0 Å². The van der Waals surface area contributed by atoms with Crippen molar-refractivity contribution >= 4 is 5.65 Å². The molecule has 1 saturated heterocycles. The highest BCUT2D eigenvalue weighted by molar-refractivity contribution is 5.34. The Labute approximate surface area is 117 Å². The standard InChI is InChI=1S/C14H20N4O2/c1-2-4-12-15-16-13-14(19)17(6-7-18(12)13)9-11-5-3-8-20-10-11/h6-7,11H,2-5,8-10H2,1H3. The van der Waals surface area contributed by atoms with Gasteiger partial charge in [-0.25, -0.2) is 0 Å². The number of aromatic nitrogens is 4. The number of nitrogens with zero attached hydrogens (tertiary/aromatic N) is 4. The molecule has 1 atom stereocenters. The first-order chi connectivity index (χ1) is 9.79. The zero-order valence-electron chi connectivity index (χ0n) is 11.8. The summed E-state index contributed by atoms with van der Waals surface area (Å²) >= 11 is 0. The lowest BCUT2D eigenvalue weighted by Crippen LogP contribution is -2.29. The summed E-state index contributed by atoms with van der Waals surface area (Å²) in [5, 5.41) is 8.15. The zero-order valence-corrected chi connectivity index (χ0v) is 11.8. The maximum Gasteiger partial charge on any atom is 0.296 e. The molecule has 0 spiro atoms. The molecule has 6 heteroatoms. The van der Waals surface area contributed by atoms with Gasteiger partial charge in [0.2, 0.25) is 5.65 Å². The molecular weight excluding hydrogens is 256 g/mol. The maximum atomic E-state index is 12.4. The molecule has 6 nitrogen and oxygen atoms in total. The van der Waals surface area contributed by atoms with E-state index in [9.17, 15) is 4.79 Å². The van der Waals surface area contributed by atoms with Gasteiger partial charge in [-0.1, -0.05) is 6.92 Å². The summed E-state index contributed by atoms with van der Waals surface area (Å²) in [7, 11) is 0. The zero-order chi connectivity index (χ0) is 13.9. The molecule has 3 heterocycles. The molecule has 1 aliphatic heterocycles. The summed E-state index contributed by atoms with van der Waals surface area (Å²) in [6.45, 7) is 4.37. The van der Waals surface area contributed by atoms with Crippen LogP contribution in [0.5, 0.6) is 0 Å². The summed E-state index contributed by atoms with van der Waals surface area (Å²) in [6.07, 6.45) is 7.75. The van der Waals surface area contributed by atoms with Crippen molar-refractivity contribution in [2.45, 2.75) is 39.2 Å². The average molecular weight is 276 g/mol. The number of aryl methyl sites for hydroxylation is 1. The third kappa shape index (κ3) is 2.47. The van der Waals surface area contributed by atoms with E-state index in [2.05, 4.69) is 17.1 Å². The molecular formula is C14H20N4O2. The summed E-state index contributed by atoms with van der Waals surface area (Å²) < 4.78 is 9.01. The maximum absolute atomic E-state index is 12.4. The van der Waals surface area contributed by atoms with Crippen molar-refractivity contribution in [1.82, 2.24) is 19.2 Å². The molecule has 1 fully saturated rings. The van der Waals surface area contributed by atoms with E-state index in [1.165, 1.54) is 0 Å². The van der Waals surface area contributed by atoms with Crippen molar-refractivity contribution < 1.29 is 4.74 Å². The minimum absolute atomic E-state index is 0.0621. The van der Waals surface area contributed by atoms with E-state index in [1.807, 2.05) is 12.4 Å². The Kier molecular flexibility index (Phi) is 3.82. The molecule has 0 aliphatic carbocycles. The van der Waals surface area contributed by atoms with E-state index in [1.54, 1.807) is 8.97 Å². The molecule has 0 aromatic carbocycles. The molecule has 0 radical (unpaired) electrons. The van der Waals surface area contributed by atoms with Crippen molar-refractivity contribution in [2.75, 3.05) is 13.2 Å². The van der Waals surface area contributed by atoms with Gasteiger partial charge in [0.15, 0.2) is 0 Å². The van der Waals surface area contributed by atoms with Crippen LogP contribution >= 0.6 is 0 Å². The first-order valence-electron chi connectivity index (χ1n) is 7.30. The predicted molar refractivity (Wildman–Crippen MR) is 74.8 cm³/mol. The predicted octanol–water partition coefficient (Wildman–Crippen LogP) is 1.27. The summed E-state index contributed by atoms with van der Waals surface area (Å²) in [5.41, 5.74) is 0.362. The lowest BCUT2D eigenvalue weighted by molar-refractivity contribution is 0.0480. The second kappa shape index (κ2) is 5.75. The van der Waals surface area contributed by atoms with E-state index in [4.69, 9.17) is 4.74 Å². The third-order valence-electron chi connectivity index (χ3n) is 3.80. The number of rotatable bonds is 4. The Hall–Kier alpha value is -1.69. The van der Waals surface area contributed by atoms with Gasteiger partial charge in [-0.15, -0.1) is 10.2 Å². The second-order valence-corrected chi connectivity index (χ2v) is 5.40. The van der Waals surface area contributed by atoms with Gasteiger partial charge in [0.1, 0.15) is 5.82 Å². The summed E-state index contributed by atoms with van der Waals surface area (Å²) in [4.78, 5) is 12.4. The van der Waals surface area contributed by atoms with Crippen molar-refractivity contribution in [3.63, 3.8) is 0 Å². The van der Waals surface area contributed by atoms with E-state index in [0.29, 0.717) is 18.1 Å². The summed E-state index contributed by atoms with van der Waals surface area (Å²) in [5.74, 6) is 1.27. The van der Waals surface area contributed by atoms with Crippen LogP contribution in [-0.2, 0) is 17.7 Å². The molecule has 20 heavy (non-hydrogen) atoms. The fraction of sp³-hybridized carbons (Fsp3) is 0.643. The molecule has 1 unspecified atom stereocenters. The first kappa shape index (κ1) is 13.3. The SMILES string of the molecule is CCCc1nnc2c(=O)n(CC3CCCOC3)ccn12. The largest absolute Gasteiger partial charge is 0.381 e. The van der Waals surface area contributed by atoms with E-state index in [-0.39, 0.29) is 5.56 Å². The lowest BCUT2D eigenvalue weighted by atomic mass is 10.0. The molecule has 0 amide bonds. The molecule has 3 rings (SSSR count). The Bertz CT molecular complexity index is 640. The van der Waals surface area contributed by atoms with Gasteiger partial charge < -0.3 is 9.30 Å². The highest BCUT2D eigenvalue weighted by Gasteiger charge is 2.16. The van der Waals surface area contributed by atoms with Crippen molar-refractivity contribution in [3.05, 3.63) is 28.6 Å². The monoisotopic (exact) mass is 276 g/mol. The van der Waals surface area contributed by atoms with E-state index in [0.717, 1.165) is 44.7 Å². The normalized spacial score (nSPS) is 19.6. The fourth-order valence-corrected chi connectivity index (χ4v) is 2.74. The number of hydrogen-bond acceptors (Lipinski definition) is 4. The first-order valence-corrected chi connectivity index (χ1v) is 7.30. The van der Waals surface area contributed by atoms with Crippen LogP contribution < -0.4 is 5.56 Å². The number of ether oxygens (including phenoxy) is 1. The minimum Gasteiger partial charge on any atom is -0.381 e. The molecule has 1 aliphatic rings. The quantitative estimate of drug-likeness (QED) is 0.843. The Morgan fingerprint density at radius 1 is 1.40 bits per heavy atom. The smallest absolute Gasteiger partial charge is 0.296 e. The summed E-state index contributed by atoms with van der Waals surface area (Å²) in [6, 6.07) is 0. The second-order valence-electron chi connectivity index (χ2n) is 5.40. The van der Waals surface area contributed by atoms with Crippen molar-refractivity contribution in [2.24, 2.45) is 5.92 Å². The van der Waals surface area contributed by atoms with Crippen LogP contribution in [0.15, 0.2) is 17.2 Å². The van der Waals surface area contributed by atoms with Gasteiger partial charge in [0, 0.05) is 37.9 Å². The van der Waals surface area contributed by atoms with Crippen LogP contribution in [0.3, 0.4) is 0 Å². The molecule has 2 aromatic heterocycles.